The molecule has 0 amide bonds. The summed E-state index contributed by atoms with van der Waals surface area (Å²) in [6, 6.07) is 2.77. The van der Waals surface area contributed by atoms with Gasteiger partial charge in [0.25, 0.3) is 0 Å². The summed E-state index contributed by atoms with van der Waals surface area (Å²) in [7, 11) is 1.95. The number of hydrogen-bond acceptors (Lipinski definition) is 3. The van der Waals surface area contributed by atoms with E-state index in [0.717, 1.165) is 22.4 Å². The average Bonchev–Trinajstić information content (AvgIpc) is 2.59. The maximum absolute atomic E-state index is 4.56. The summed E-state index contributed by atoms with van der Waals surface area (Å²) in [4.78, 5) is 4.56. The number of pyridine rings is 1. The van der Waals surface area contributed by atoms with Gasteiger partial charge in [0.2, 0.25) is 0 Å². The van der Waals surface area contributed by atoms with Gasteiger partial charge in [0.15, 0.2) is 5.65 Å². The molecule has 1 aliphatic carbocycles. The van der Waals surface area contributed by atoms with Crippen LogP contribution >= 0.6 is 0 Å². The van der Waals surface area contributed by atoms with Crippen LogP contribution < -0.4 is 5.32 Å². The fraction of sp³-hybridized carbons (Fsp3) is 0.647. The smallest absolute Gasteiger partial charge is 0.157 e. The Morgan fingerprint density at radius 1 is 1.29 bits per heavy atom. The molecule has 1 aliphatic rings. The van der Waals surface area contributed by atoms with Gasteiger partial charge in [-0.3, -0.25) is 4.68 Å². The molecule has 1 atom stereocenters. The van der Waals surface area contributed by atoms with Crippen molar-refractivity contribution in [3.8, 4) is 0 Å². The van der Waals surface area contributed by atoms with Crippen LogP contribution in [0, 0.1) is 12.3 Å². The summed E-state index contributed by atoms with van der Waals surface area (Å²) in [6.07, 6.45) is 8.40. The van der Waals surface area contributed by atoms with E-state index in [-0.39, 0.29) is 0 Å². The van der Waals surface area contributed by atoms with E-state index in [1.54, 1.807) is 0 Å². The minimum Gasteiger partial charge on any atom is -0.381 e. The first-order valence-corrected chi connectivity index (χ1v) is 8.00. The molecule has 1 fully saturated rings. The highest BCUT2D eigenvalue weighted by Crippen LogP contribution is 2.34. The molecule has 1 N–H and O–H groups in total. The molecule has 114 valence electrons. The van der Waals surface area contributed by atoms with Crippen molar-refractivity contribution in [2.45, 2.75) is 58.9 Å². The number of anilines is 1. The molecule has 2 aromatic rings. The van der Waals surface area contributed by atoms with Gasteiger partial charge in [-0.1, -0.05) is 20.3 Å². The summed E-state index contributed by atoms with van der Waals surface area (Å²) < 4.78 is 1.85. The molecule has 0 bridgehead atoms. The number of hydrogen-bond donors (Lipinski definition) is 1. The monoisotopic (exact) mass is 286 g/mol. The van der Waals surface area contributed by atoms with Crippen molar-refractivity contribution in [1.29, 1.82) is 0 Å². The molecule has 0 spiro atoms. The second kappa shape index (κ2) is 5.32. The van der Waals surface area contributed by atoms with Gasteiger partial charge in [-0.2, -0.15) is 5.10 Å². The fourth-order valence-corrected chi connectivity index (χ4v) is 3.43. The second-order valence-corrected chi connectivity index (χ2v) is 7.24. The molecule has 2 heterocycles. The van der Waals surface area contributed by atoms with E-state index in [2.05, 4.69) is 35.3 Å². The lowest BCUT2D eigenvalue weighted by Crippen LogP contribution is -2.19. The van der Waals surface area contributed by atoms with Gasteiger partial charge in [-0.25, -0.2) is 4.98 Å². The number of aryl methyl sites for hydroxylation is 2. The van der Waals surface area contributed by atoms with Gasteiger partial charge in [0, 0.05) is 18.5 Å². The third-order valence-corrected chi connectivity index (χ3v) is 4.81. The van der Waals surface area contributed by atoms with Crippen molar-refractivity contribution in [2.24, 2.45) is 12.5 Å². The Labute approximate surface area is 126 Å². The quantitative estimate of drug-likeness (QED) is 0.847. The van der Waals surface area contributed by atoms with E-state index in [9.17, 15) is 0 Å². The molecule has 4 nitrogen and oxygen atoms in total. The summed E-state index contributed by atoms with van der Waals surface area (Å²) in [5, 5.41) is 9.28. The van der Waals surface area contributed by atoms with Crippen LogP contribution in [0.4, 0.5) is 5.69 Å². The molecule has 0 saturated heterocycles. The van der Waals surface area contributed by atoms with Crippen LogP contribution in [0.15, 0.2) is 12.3 Å². The molecule has 2 aromatic heterocycles. The van der Waals surface area contributed by atoms with Crippen molar-refractivity contribution >= 4 is 16.7 Å². The van der Waals surface area contributed by atoms with Crippen LogP contribution in [-0.4, -0.2) is 20.8 Å². The molecule has 4 heteroatoms. The minimum atomic E-state index is 0.499. The summed E-state index contributed by atoms with van der Waals surface area (Å²) in [6.45, 7) is 6.83. The Balaban J connectivity index is 1.77. The largest absolute Gasteiger partial charge is 0.381 e. The lowest BCUT2D eigenvalue weighted by molar-refractivity contribution is 0.313. The number of rotatable bonds is 2. The summed E-state index contributed by atoms with van der Waals surface area (Å²) >= 11 is 0. The third-order valence-electron chi connectivity index (χ3n) is 4.81. The Kier molecular flexibility index (Phi) is 3.64. The van der Waals surface area contributed by atoms with Crippen molar-refractivity contribution in [3.05, 3.63) is 18.0 Å². The highest BCUT2D eigenvalue weighted by molar-refractivity contribution is 5.81. The molecule has 0 radical (unpaired) electrons. The Hall–Kier alpha value is -1.58. The van der Waals surface area contributed by atoms with Gasteiger partial charge in [-0.05, 0) is 44.1 Å². The second-order valence-electron chi connectivity index (χ2n) is 7.24. The SMILES string of the molecule is Cc1nn(C)c2ncc(NC3CCCC(C)(C)CC3)cc12. The first kappa shape index (κ1) is 14.4. The van der Waals surface area contributed by atoms with E-state index in [1.807, 2.05) is 24.9 Å². The van der Waals surface area contributed by atoms with Crippen LogP contribution in [-0.2, 0) is 7.05 Å². The van der Waals surface area contributed by atoms with Crippen molar-refractivity contribution in [3.63, 3.8) is 0 Å². The van der Waals surface area contributed by atoms with Gasteiger partial charge < -0.3 is 5.32 Å². The molecule has 1 saturated carbocycles. The van der Waals surface area contributed by atoms with Gasteiger partial charge >= 0.3 is 0 Å². The van der Waals surface area contributed by atoms with E-state index >= 15 is 0 Å². The lowest BCUT2D eigenvalue weighted by Gasteiger charge is -2.22. The minimum absolute atomic E-state index is 0.499. The van der Waals surface area contributed by atoms with E-state index in [1.165, 1.54) is 32.1 Å². The predicted octanol–water partition coefficient (Wildman–Crippen LogP) is 4.05. The average molecular weight is 286 g/mol. The van der Waals surface area contributed by atoms with Gasteiger partial charge in [0.05, 0.1) is 17.6 Å². The molecule has 0 aliphatic heterocycles. The Morgan fingerprint density at radius 2 is 2.10 bits per heavy atom. The highest BCUT2D eigenvalue weighted by Gasteiger charge is 2.24. The molecular weight excluding hydrogens is 260 g/mol. The number of nitrogens with zero attached hydrogens (tertiary/aromatic N) is 3. The zero-order valence-electron chi connectivity index (χ0n) is 13.6. The van der Waals surface area contributed by atoms with Gasteiger partial charge in [0.1, 0.15) is 0 Å². The van der Waals surface area contributed by atoms with Crippen molar-refractivity contribution in [1.82, 2.24) is 14.8 Å². The Morgan fingerprint density at radius 3 is 2.90 bits per heavy atom. The fourth-order valence-electron chi connectivity index (χ4n) is 3.43. The van der Waals surface area contributed by atoms with E-state index in [0.29, 0.717) is 11.5 Å². The number of nitrogens with one attached hydrogen (secondary N) is 1. The predicted molar refractivity (Wildman–Crippen MR) is 87.5 cm³/mol. The molecule has 3 rings (SSSR count). The molecular formula is C17H26N4. The first-order chi connectivity index (χ1) is 9.94. The van der Waals surface area contributed by atoms with E-state index < -0.39 is 0 Å². The molecule has 1 unspecified atom stereocenters. The maximum Gasteiger partial charge on any atom is 0.157 e. The summed E-state index contributed by atoms with van der Waals surface area (Å²) in [5.74, 6) is 0. The lowest BCUT2D eigenvalue weighted by atomic mass is 9.85. The molecule has 21 heavy (non-hydrogen) atoms. The van der Waals surface area contributed by atoms with Crippen LogP contribution in [0.2, 0.25) is 0 Å². The normalized spacial score (nSPS) is 22.2. The van der Waals surface area contributed by atoms with E-state index in [4.69, 9.17) is 0 Å². The standard InChI is InChI=1S/C17H26N4/c1-12-15-10-14(11-18-16(15)21(4)20-12)19-13-6-5-8-17(2,3)9-7-13/h10-11,13,19H,5-9H2,1-4H3. The number of aromatic nitrogens is 3. The zero-order chi connectivity index (χ0) is 15.0. The van der Waals surface area contributed by atoms with Crippen molar-refractivity contribution in [2.75, 3.05) is 5.32 Å². The van der Waals surface area contributed by atoms with Crippen LogP contribution in [0.3, 0.4) is 0 Å². The third kappa shape index (κ3) is 3.04. The number of fused-ring (bicyclic) bond motifs is 1. The van der Waals surface area contributed by atoms with Crippen molar-refractivity contribution < 1.29 is 0 Å². The summed E-state index contributed by atoms with van der Waals surface area (Å²) in [5.41, 5.74) is 3.63. The van der Waals surface area contributed by atoms with Crippen LogP contribution in [0.1, 0.15) is 51.6 Å². The van der Waals surface area contributed by atoms with Gasteiger partial charge in [-0.15, -0.1) is 0 Å². The zero-order valence-corrected chi connectivity index (χ0v) is 13.6. The van der Waals surface area contributed by atoms with Crippen LogP contribution in [0.25, 0.3) is 11.0 Å². The Bertz CT molecular complexity index is 642. The highest BCUT2D eigenvalue weighted by atomic mass is 15.3. The van der Waals surface area contributed by atoms with Crippen LogP contribution in [0.5, 0.6) is 0 Å². The molecule has 0 aromatic carbocycles. The first-order valence-electron chi connectivity index (χ1n) is 8.00. The maximum atomic E-state index is 4.56. The topological polar surface area (TPSA) is 42.7 Å².